The number of rotatable bonds is 5. The third kappa shape index (κ3) is 6.12. The van der Waals surface area contributed by atoms with Gasteiger partial charge in [-0.15, -0.1) is 0 Å². The quantitative estimate of drug-likeness (QED) is 0.186. The van der Waals surface area contributed by atoms with Crippen molar-refractivity contribution in [2.45, 2.75) is 19.8 Å². The van der Waals surface area contributed by atoms with E-state index in [-0.39, 0.29) is 0 Å². The van der Waals surface area contributed by atoms with Gasteiger partial charge in [-0.1, -0.05) is 85.0 Å². The van der Waals surface area contributed by atoms with E-state index in [0.29, 0.717) is 0 Å². The molecule has 0 amide bonds. The van der Waals surface area contributed by atoms with Gasteiger partial charge in [-0.05, 0) is 11.1 Å². The monoisotopic (exact) mass is 565 g/mol. The van der Waals surface area contributed by atoms with Crippen molar-refractivity contribution in [1.82, 2.24) is 0 Å². The fraction of sp³-hybridized carbons (Fsp3) is 0.0811. The zero-order valence-corrected chi connectivity index (χ0v) is 24.2. The summed E-state index contributed by atoms with van der Waals surface area (Å²) in [6.07, 6.45) is 17.4. The molecule has 2 aliphatic carbocycles. The van der Waals surface area contributed by atoms with E-state index in [9.17, 15) is 0 Å². The van der Waals surface area contributed by atoms with Crippen LogP contribution in [0, 0.1) is 0 Å². The number of allylic oxidation sites excluding steroid dienone is 8. The zero-order chi connectivity index (χ0) is 26.2. The first-order chi connectivity index (χ1) is 18.7. The van der Waals surface area contributed by atoms with Gasteiger partial charge in [0.2, 0.25) is 0 Å². The molecule has 0 nitrogen and oxygen atoms in total. The summed E-state index contributed by atoms with van der Waals surface area (Å²) in [6, 6.07) is 36.2. The molecule has 0 N–H and O–H groups in total. The molecule has 0 bridgehead atoms. The Morgan fingerprint density at radius 2 is 1.21 bits per heavy atom. The predicted molar refractivity (Wildman–Crippen MR) is 160 cm³/mol. The minimum absolute atomic E-state index is 1.06. The molecule has 2 aliphatic rings. The van der Waals surface area contributed by atoms with Gasteiger partial charge in [-0.25, -0.2) is 0 Å². The average molecular weight is 567 g/mol. The van der Waals surface area contributed by atoms with Crippen molar-refractivity contribution in [3.05, 3.63) is 170 Å². The summed E-state index contributed by atoms with van der Waals surface area (Å²) in [7, 11) is 0. The average Bonchev–Trinajstić information content (AvgIpc) is 3.53. The normalized spacial score (nSPS) is 14.7. The molecule has 0 radical (unpaired) electrons. The topological polar surface area (TPSA) is 0 Å². The summed E-state index contributed by atoms with van der Waals surface area (Å²) in [5, 5.41) is 0. The molecule has 4 aromatic carbocycles. The predicted octanol–water partition coefficient (Wildman–Crippen LogP) is 9.84. The van der Waals surface area contributed by atoms with Crippen LogP contribution in [-0.4, -0.2) is 0 Å². The molecule has 0 fully saturated rings. The second-order valence-electron chi connectivity index (χ2n) is 9.39. The summed E-state index contributed by atoms with van der Waals surface area (Å²) < 4.78 is 1.50. The first-order valence-electron chi connectivity index (χ1n) is 13.2. The molecule has 6 rings (SSSR count). The Labute approximate surface area is 242 Å². The van der Waals surface area contributed by atoms with Crippen LogP contribution in [0.2, 0.25) is 0 Å². The van der Waals surface area contributed by atoms with Crippen molar-refractivity contribution in [1.29, 1.82) is 0 Å². The zero-order valence-electron chi connectivity index (χ0n) is 21.8. The van der Waals surface area contributed by atoms with Gasteiger partial charge in [-0.3, -0.25) is 0 Å². The van der Waals surface area contributed by atoms with E-state index in [1.165, 1.54) is 78.1 Å². The van der Waals surface area contributed by atoms with Crippen molar-refractivity contribution in [2.24, 2.45) is 0 Å². The van der Waals surface area contributed by atoms with Crippen LogP contribution in [0.25, 0.3) is 28.9 Å². The Hall–Kier alpha value is -3.54. The van der Waals surface area contributed by atoms with Crippen LogP contribution in [0.5, 0.6) is 0 Å². The van der Waals surface area contributed by atoms with Gasteiger partial charge in [0, 0.05) is 0 Å². The first kappa shape index (κ1) is 26.1. The number of fused-ring (bicyclic) bond motifs is 3. The summed E-state index contributed by atoms with van der Waals surface area (Å²) in [4.78, 5) is 0. The molecule has 0 atom stereocenters. The molecular formula is C37H31Zr. The molecule has 38 heavy (non-hydrogen) atoms. The molecule has 0 heterocycles. The maximum atomic E-state index is 2.34. The summed E-state index contributed by atoms with van der Waals surface area (Å²) in [5.74, 6) is 0. The van der Waals surface area contributed by atoms with Crippen molar-refractivity contribution in [3.63, 3.8) is 0 Å². The molecule has 183 valence electrons. The molecule has 0 saturated carbocycles. The SMILES string of the molecule is C(C=Cc1ccccc1)=Cc1ccccc1.CCC=C1C=CC(c2cccc3c2Cc2ccccc2-3)=[C]1[Zr]. The van der Waals surface area contributed by atoms with Gasteiger partial charge >= 0.3 is 147 Å². The first-order valence-corrected chi connectivity index (χ1v) is 14.5. The molecule has 1 heteroatoms. The van der Waals surface area contributed by atoms with Gasteiger partial charge in [0.15, 0.2) is 0 Å². The van der Waals surface area contributed by atoms with Crippen LogP contribution in [0.15, 0.2) is 142 Å². The van der Waals surface area contributed by atoms with E-state index in [1.807, 2.05) is 36.4 Å². The van der Waals surface area contributed by atoms with Crippen molar-refractivity contribution in [3.8, 4) is 11.1 Å². The fourth-order valence-electron chi connectivity index (χ4n) is 4.98. The van der Waals surface area contributed by atoms with Crippen LogP contribution in [0.1, 0.15) is 41.2 Å². The van der Waals surface area contributed by atoms with Crippen molar-refractivity contribution < 1.29 is 24.7 Å². The minimum atomic E-state index is 1.06. The van der Waals surface area contributed by atoms with Gasteiger partial charge in [-0.2, -0.15) is 0 Å². The Kier molecular flexibility index (Phi) is 8.80. The van der Waals surface area contributed by atoms with E-state index in [4.69, 9.17) is 0 Å². The third-order valence-electron chi connectivity index (χ3n) is 6.84. The van der Waals surface area contributed by atoms with Gasteiger partial charge in [0.25, 0.3) is 0 Å². The second kappa shape index (κ2) is 12.8. The van der Waals surface area contributed by atoms with Crippen LogP contribution in [0.3, 0.4) is 0 Å². The summed E-state index contributed by atoms with van der Waals surface area (Å²) in [5.41, 5.74) is 12.5. The summed E-state index contributed by atoms with van der Waals surface area (Å²) in [6.45, 7) is 2.21. The van der Waals surface area contributed by atoms with E-state index in [1.54, 1.807) is 0 Å². The molecule has 0 aliphatic heterocycles. The van der Waals surface area contributed by atoms with Crippen molar-refractivity contribution in [2.75, 3.05) is 0 Å². The standard InChI is InChI=1S/C21H17.C16H14.Zr/c1-2-6-15-11-12-17(13-15)19-9-5-10-20-18-8-4-3-7-16(18)14-21(19)20;1-3-9-15(10-4-1)13-7-8-14-16-11-5-2-6-12-16;/h3-12H,2,14H2,1H3;1-14H;. The Bertz CT molecular complexity index is 1500. The molecule has 0 aromatic heterocycles. The van der Waals surface area contributed by atoms with E-state index >= 15 is 0 Å². The van der Waals surface area contributed by atoms with Gasteiger partial charge < -0.3 is 0 Å². The van der Waals surface area contributed by atoms with Crippen LogP contribution < -0.4 is 0 Å². The van der Waals surface area contributed by atoms with Crippen molar-refractivity contribution >= 4 is 17.7 Å². The molecule has 4 aromatic rings. The van der Waals surface area contributed by atoms with E-state index < -0.39 is 0 Å². The molecule has 0 unspecified atom stereocenters. The number of benzene rings is 4. The molecule has 0 spiro atoms. The second-order valence-corrected chi connectivity index (χ2v) is 10.6. The molecule has 0 saturated heterocycles. The van der Waals surface area contributed by atoms with E-state index in [0.717, 1.165) is 12.8 Å². The van der Waals surface area contributed by atoms with Crippen LogP contribution in [-0.2, 0) is 31.1 Å². The van der Waals surface area contributed by atoms with Gasteiger partial charge in [0.05, 0.1) is 0 Å². The fourth-order valence-corrected chi connectivity index (χ4v) is 5.97. The Morgan fingerprint density at radius 1 is 0.632 bits per heavy atom. The van der Waals surface area contributed by atoms with Crippen LogP contribution >= 0.6 is 0 Å². The number of hydrogen-bond acceptors (Lipinski definition) is 0. The van der Waals surface area contributed by atoms with Gasteiger partial charge in [0.1, 0.15) is 0 Å². The molecular weight excluding hydrogens is 536 g/mol. The Morgan fingerprint density at radius 3 is 1.87 bits per heavy atom. The number of hydrogen-bond donors (Lipinski definition) is 0. The van der Waals surface area contributed by atoms with E-state index in [2.05, 4.69) is 116 Å². The maximum absolute atomic E-state index is 2.34. The van der Waals surface area contributed by atoms with Crippen LogP contribution in [0.4, 0.5) is 0 Å². The third-order valence-corrected chi connectivity index (χ3v) is 8.21. The Balaban J connectivity index is 0.000000163. The summed E-state index contributed by atoms with van der Waals surface area (Å²) >= 11 is 1.50.